The molecule has 3 aromatic carbocycles. The third-order valence-electron chi connectivity index (χ3n) is 4.22. The lowest BCUT2D eigenvalue weighted by molar-refractivity contribution is -0.0790. The van der Waals surface area contributed by atoms with E-state index in [1.807, 2.05) is 36.4 Å². The Morgan fingerprint density at radius 2 is 1.11 bits per heavy atom. The zero-order valence-electron chi connectivity index (χ0n) is 14.6. The third-order valence-corrected chi connectivity index (χ3v) is 4.22. The molecule has 0 aliphatic carbocycles. The Bertz CT molecular complexity index is 987. The van der Waals surface area contributed by atoms with Crippen LogP contribution in [0.15, 0.2) is 73.3 Å². The standard InChI is InChI=1S/C23H15F5/c1-2-15-3-5-16(6-4-15)17-7-9-18(10-8-17)19-13-21(24)20(22(25)14-19)11-12-23(26,27)28/h2-14H,1H2/b12-11+. The summed E-state index contributed by atoms with van der Waals surface area (Å²) >= 11 is 0. The average molecular weight is 386 g/mol. The number of alkyl halides is 3. The molecule has 0 aliphatic rings. The lowest BCUT2D eigenvalue weighted by atomic mass is 9.98. The first kappa shape index (κ1) is 19.5. The van der Waals surface area contributed by atoms with Crippen molar-refractivity contribution in [3.8, 4) is 22.3 Å². The van der Waals surface area contributed by atoms with Crippen molar-refractivity contribution >= 4 is 12.2 Å². The van der Waals surface area contributed by atoms with E-state index in [4.69, 9.17) is 0 Å². The minimum atomic E-state index is -4.64. The van der Waals surface area contributed by atoms with E-state index in [2.05, 4.69) is 6.58 Å². The second kappa shape index (κ2) is 7.80. The zero-order valence-corrected chi connectivity index (χ0v) is 14.6. The van der Waals surface area contributed by atoms with Crippen LogP contribution >= 0.6 is 0 Å². The molecule has 0 heterocycles. The maximum Gasteiger partial charge on any atom is 0.409 e. The Labute approximate surface area is 159 Å². The number of allylic oxidation sites excluding steroid dienone is 1. The predicted octanol–water partition coefficient (Wildman–Crippen LogP) is 7.52. The molecule has 3 rings (SSSR count). The largest absolute Gasteiger partial charge is 0.409 e. The fraction of sp³-hybridized carbons (Fsp3) is 0.0435. The Kier molecular flexibility index (Phi) is 5.45. The lowest BCUT2D eigenvalue weighted by Gasteiger charge is -2.08. The fourth-order valence-corrected chi connectivity index (χ4v) is 2.75. The molecule has 3 aromatic rings. The van der Waals surface area contributed by atoms with Gasteiger partial charge in [-0.25, -0.2) is 8.78 Å². The van der Waals surface area contributed by atoms with E-state index in [-0.39, 0.29) is 11.6 Å². The van der Waals surface area contributed by atoms with Gasteiger partial charge in [0.1, 0.15) is 11.6 Å². The highest BCUT2D eigenvalue weighted by atomic mass is 19.4. The van der Waals surface area contributed by atoms with Gasteiger partial charge in [-0.2, -0.15) is 13.2 Å². The van der Waals surface area contributed by atoms with Gasteiger partial charge in [0.25, 0.3) is 0 Å². The summed E-state index contributed by atoms with van der Waals surface area (Å²) in [4.78, 5) is 0. The number of benzene rings is 3. The molecule has 0 fully saturated rings. The topological polar surface area (TPSA) is 0 Å². The van der Waals surface area contributed by atoms with Gasteiger partial charge in [0.2, 0.25) is 0 Å². The second-order valence-electron chi connectivity index (χ2n) is 6.13. The van der Waals surface area contributed by atoms with Crippen LogP contribution in [-0.2, 0) is 0 Å². The van der Waals surface area contributed by atoms with E-state index >= 15 is 0 Å². The smallest absolute Gasteiger partial charge is 0.206 e. The molecule has 0 bridgehead atoms. The monoisotopic (exact) mass is 386 g/mol. The molecule has 0 saturated carbocycles. The Hall–Kier alpha value is -3.21. The van der Waals surface area contributed by atoms with Crippen LogP contribution < -0.4 is 0 Å². The van der Waals surface area contributed by atoms with E-state index in [9.17, 15) is 22.0 Å². The van der Waals surface area contributed by atoms with Gasteiger partial charge >= 0.3 is 6.18 Å². The summed E-state index contributed by atoms with van der Waals surface area (Å²) in [6.07, 6.45) is -2.70. The van der Waals surface area contributed by atoms with Crippen LogP contribution in [-0.4, -0.2) is 6.18 Å². The van der Waals surface area contributed by atoms with Crippen molar-refractivity contribution in [3.63, 3.8) is 0 Å². The molecule has 0 unspecified atom stereocenters. The molecule has 5 heteroatoms. The predicted molar refractivity (Wildman–Crippen MR) is 102 cm³/mol. The molecular weight excluding hydrogens is 371 g/mol. The molecule has 0 N–H and O–H groups in total. The highest BCUT2D eigenvalue weighted by molar-refractivity contribution is 5.72. The van der Waals surface area contributed by atoms with Crippen LogP contribution in [0.2, 0.25) is 0 Å². The minimum absolute atomic E-state index is 0.194. The molecule has 28 heavy (non-hydrogen) atoms. The highest BCUT2D eigenvalue weighted by Crippen LogP contribution is 2.29. The van der Waals surface area contributed by atoms with Crippen LogP contribution in [0, 0.1) is 11.6 Å². The van der Waals surface area contributed by atoms with Gasteiger partial charge in [0.05, 0.1) is 0 Å². The van der Waals surface area contributed by atoms with Crippen molar-refractivity contribution < 1.29 is 22.0 Å². The summed E-state index contributed by atoms with van der Waals surface area (Å²) in [5, 5.41) is 0. The molecular formula is C23H15F5. The summed E-state index contributed by atoms with van der Waals surface area (Å²) in [6, 6.07) is 16.8. The van der Waals surface area contributed by atoms with Crippen LogP contribution in [0.3, 0.4) is 0 Å². The van der Waals surface area contributed by atoms with Crippen LogP contribution in [0.4, 0.5) is 22.0 Å². The van der Waals surface area contributed by atoms with E-state index in [1.54, 1.807) is 18.2 Å². The molecule has 0 aliphatic heterocycles. The van der Waals surface area contributed by atoms with E-state index in [1.165, 1.54) is 0 Å². The summed E-state index contributed by atoms with van der Waals surface area (Å²) in [6.45, 7) is 3.70. The quantitative estimate of drug-likeness (QED) is 0.407. The van der Waals surface area contributed by atoms with Crippen molar-refractivity contribution in [2.24, 2.45) is 0 Å². The lowest BCUT2D eigenvalue weighted by Crippen LogP contribution is -2.01. The van der Waals surface area contributed by atoms with Crippen molar-refractivity contribution in [1.82, 2.24) is 0 Å². The van der Waals surface area contributed by atoms with Gasteiger partial charge in [0.15, 0.2) is 0 Å². The molecule has 0 saturated heterocycles. The summed E-state index contributed by atoms with van der Waals surface area (Å²) < 4.78 is 64.9. The minimum Gasteiger partial charge on any atom is -0.206 e. The zero-order chi connectivity index (χ0) is 20.3. The summed E-state index contributed by atoms with van der Waals surface area (Å²) in [5.41, 5.74) is 2.96. The summed E-state index contributed by atoms with van der Waals surface area (Å²) in [5.74, 6) is -2.11. The maximum atomic E-state index is 14.1. The van der Waals surface area contributed by atoms with Crippen LogP contribution in [0.5, 0.6) is 0 Å². The summed E-state index contributed by atoms with van der Waals surface area (Å²) in [7, 11) is 0. The van der Waals surface area contributed by atoms with Gasteiger partial charge in [-0.15, -0.1) is 0 Å². The van der Waals surface area contributed by atoms with E-state index in [0.29, 0.717) is 11.6 Å². The Morgan fingerprint density at radius 1 is 0.679 bits per heavy atom. The van der Waals surface area contributed by atoms with Crippen molar-refractivity contribution in [1.29, 1.82) is 0 Å². The normalized spacial score (nSPS) is 11.8. The maximum absolute atomic E-state index is 14.1. The third kappa shape index (κ3) is 4.55. The van der Waals surface area contributed by atoms with E-state index in [0.717, 1.165) is 28.8 Å². The molecule has 0 spiro atoms. The van der Waals surface area contributed by atoms with Gasteiger partial charge in [-0.3, -0.25) is 0 Å². The number of halogens is 5. The first-order valence-electron chi connectivity index (χ1n) is 8.35. The Morgan fingerprint density at radius 3 is 1.54 bits per heavy atom. The Balaban J connectivity index is 1.89. The number of rotatable bonds is 4. The number of hydrogen-bond donors (Lipinski definition) is 0. The van der Waals surface area contributed by atoms with Gasteiger partial charge in [-0.05, 0) is 46.0 Å². The molecule has 0 atom stereocenters. The fourth-order valence-electron chi connectivity index (χ4n) is 2.75. The van der Waals surface area contributed by atoms with Crippen LogP contribution in [0.25, 0.3) is 34.4 Å². The molecule has 0 nitrogen and oxygen atoms in total. The van der Waals surface area contributed by atoms with Crippen molar-refractivity contribution in [3.05, 3.63) is 96.1 Å². The SMILES string of the molecule is C=Cc1ccc(-c2ccc(-c3cc(F)c(/C=C/C(F)(F)F)c(F)c3)cc2)cc1. The molecule has 0 radical (unpaired) electrons. The van der Waals surface area contributed by atoms with Crippen molar-refractivity contribution in [2.75, 3.05) is 0 Å². The van der Waals surface area contributed by atoms with E-state index < -0.39 is 23.4 Å². The molecule has 0 amide bonds. The average Bonchev–Trinajstić information content (AvgIpc) is 2.66. The molecule has 0 aromatic heterocycles. The first-order valence-corrected chi connectivity index (χ1v) is 8.35. The van der Waals surface area contributed by atoms with Gasteiger partial charge in [-0.1, -0.05) is 61.2 Å². The van der Waals surface area contributed by atoms with Crippen molar-refractivity contribution in [2.45, 2.75) is 6.18 Å². The second-order valence-corrected chi connectivity index (χ2v) is 6.13. The molecule has 142 valence electrons. The number of hydrogen-bond acceptors (Lipinski definition) is 0. The van der Waals surface area contributed by atoms with Crippen LogP contribution in [0.1, 0.15) is 11.1 Å². The van der Waals surface area contributed by atoms with Gasteiger partial charge < -0.3 is 0 Å². The highest BCUT2D eigenvalue weighted by Gasteiger charge is 2.23. The van der Waals surface area contributed by atoms with Gasteiger partial charge in [0, 0.05) is 11.6 Å². The first-order chi connectivity index (χ1) is 13.3.